The summed E-state index contributed by atoms with van der Waals surface area (Å²) in [6, 6.07) is 9.47. The fraction of sp³-hybridized carbons (Fsp3) is 0.333. The third-order valence-electron chi connectivity index (χ3n) is 4.87. The van der Waals surface area contributed by atoms with Crippen LogP contribution in [-0.2, 0) is 0 Å². The van der Waals surface area contributed by atoms with Gasteiger partial charge in [0.1, 0.15) is 23.0 Å². The Labute approximate surface area is 163 Å². The fourth-order valence-electron chi connectivity index (χ4n) is 3.23. The van der Waals surface area contributed by atoms with E-state index in [2.05, 4.69) is 0 Å². The van der Waals surface area contributed by atoms with Crippen molar-refractivity contribution in [2.24, 2.45) is 5.92 Å². The molecule has 1 saturated heterocycles. The molecule has 28 heavy (non-hydrogen) atoms. The van der Waals surface area contributed by atoms with Crippen LogP contribution in [0.2, 0.25) is 0 Å². The van der Waals surface area contributed by atoms with Crippen LogP contribution < -0.4 is 9.47 Å². The van der Waals surface area contributed by atoms with E-state index in [-0.39, 0.29) is 28.7 Å². The molecule has 0 radical (unpaired) electrons. The Hall–Kier alpha value is -3.22. The zero-order chi connectivity index (χ0) is 20.1. The Morgan fingerprint density at radius 1 is 1.18 bits per heavy atom. The minimum atomic E-state index is -0.563. The third kappa shape index (κ3) is 4.36. The molecule has 0 aromatic heterocycles. The molecule has 0 unspecified atom stereocenters. The molecule has 3 rings (SSSR count). The number of hydrogen-bond acceptors (Lipinski definition) is 6. The van der Waals surface area contributed by atoms with Gasteiger partial charge in [-0.05, 0) is 44.0 Å². The first kappa shape index (κ1) is 19.5. The average molecular weight is 385 g/mol. The van der Waals surface area contributed by atoms with Crippen molar-refractivity contribution in [2.75, 3.05) is 19.7 Å². The SMILES string of the molecule is Cc1c(O)cccc1OC[C@@H]1CCCN(C(=O)Oc2cccc(O)c2C=O)C1. The van der Waals surface area contributed by atoms with E-state index in [0.29, 0.717) is 37.3 Å². The number of carbonyl (C=O) groups excluding carboxylic acids is 2. The van der Waals surface area contributed by atoms with E-state index in [1.54, 1.807) is 30.0 Å². The van der Waals surface area contributed by atoms with Crippen molar-refractivity contribution in [3.63, 3.8) is 0 Å². The molecule has 0 saturated carbocycles. The number of benzene rings is 2. The summed E-state index contributed by atoms with van der Waals surface area (Å²) in [5, 5.41) is 19.5. The number of aldehydes is 1. The summed E-state index contributed by atoms with van der Waals surface area (Å²) >= 11 is 0. The minimum absolute atomic E-state index is 0.0359. The standard InChI is InChI=1S/C21H23NO6/c1-14-17(24)6-2-8-19(14)27-13-15-5-4-10-22(11-15)21(26)28-20-9-3-7-18(25)16(20)12-23/h2-3,6-9,12,15,24-25H,4-5,10-11,13H2,1H3/t15-/m1/s1. The maximum atomic E-state index is 12.5. The molecule has 7 nitrogen and oxygen atoms in total. The van der Waals surface area contributed by atoms with E-state index in [1.807, 2.05) is 0 Å². The Kier molecular flexibility index (Phi) is 6.03. The normalized spacial score (nSPS) is 16.5. The molecule has 1 amide bonds. The first-order chi connectivity index (χ1) is 13.5. The highest BCUT2D eigenvalue weighted by atomic mass is 16.6. The lowest BCUT2D eigenvalue weighted by Gasteiger charge is -2.32. The first-order valence-corrected chi connectivity index (χ1v) is 9.15. The van der Waals surface area contributed by atoms with Crippen LogP contribution in [0, 0.1) is 12.8 Å². The largest absolute Gasteiger partial charge is 0.508 e. The van der Waals surface area contributed by atoms with Gasteiger partial charge in [0.05, 0.1) is 12.2 Å². The topological polar surface area (TPSA) is 96.3 Å². The molecular formula is C21H23NO6. The summed E-state index contributed by atoms with van der Waals surface area (Å²) in [5.41, 5.74) is 0.631. The summed E-state index contributed by atoms with van der Waals surface area (Å²) < 4.78 is 11.2. The molecule has 1 aliphatic heterocycles. The third-order valence-corrected chi connectivity index (χ3v) is 4.87. The summed E-state index contributed by atoms with van der Waals surface area (Å²) in [6.45, 7) is 3.22. The molecule has 1 aliphatic rings. The van der Waals surface area contributed by atoms with Gasteiger partial charge in [-0.25, -0.2) is 4.79 Å². The van der Waals surface area contributed by atoms with Gasteiger partial charge in [-0.1, -0.05) is 12.1 Å². The van der Waals surface area contributed by atoms with Crippen molar-refractivity contribution >= 4 is 12.4 Å². The summed E-state index contributed by atoms with van der Waals surface area (Å²) in [4.78, 5) is 25.2. The van der Waals surface area contributed by atoms with Gasteiger partial charge in [0, 0.05) is 24.6 Å². The quantitative estimate of drug-likeness (QED) is 0.765. The number of amides is 1. The Bertz CT molecular complexity index is 866. The average Bonchev–Trinajstić information content (AvgIpc) is 2.69. The molecular weight excluding hydrogens is 362 g/mol. The fourth-order valence-corrected chi connectivity index (χ4v) is 3.23. The Morgan fingerprint density at radius 3 is 2.64 bits per heavy atom. The van der Waals surface area contributed by atoms with Crippen LogP contribution >= 0.6 is 0 Å². The van der Waals surface area contributed by atoms with Gasteiger partial charge in [-0.15, -0.1) is 0 Å². The number of ether oxygens (including phenoxy) is 2. The van der Waals surface area contributed by atoms with E-state index < -0.39 is 6.09 Å². The van der Waals surface area contributed by atoms with Crippen molar-refractivity contribution in [1.82, 2.24) is 4.90 Å². The summed E-state index contributed by atoms with van der Waals surface area (Å²) in [6.07, 6.45) is 1.62. The van der Waals surface area contributed by atoms with Gasteiger partial charge in [0.2, 0.25) is 0 Å². The molecule has 1 atom stereocenters. The molecule has 2 aromatic carbocycles. The molecule has 0 aliphatic carbocycles. The van der Waals surface area contributed by atoms with Crippen molar-refractivity contribution in [2.45, 2.75) is 19.8 Å². The maximum Gasteiger partial charge on any atom is 0.415 e. The second-order valence-corrected chi connectivity index (χ2v) is 6.84. The highest BCUT2D eigenvalue weighted by molar-refractivity contribution is 5.85. The van der Waals surface area contributed by atoms with Gasteiger partial charge in [-0.3, -0.25) is 4.79 Å². The van der Waals surface area contributed by atoms with Crippen molar-refractivity contribution in [3.05, 3.63) is 47.5 Å². The van der Waals surface area contributed by atoms with E-state index in [1.165, 1.54) is 18.2 Å². The Morgan fingerprint density at radius 2 is 1.89 bits per heavy atom. The lowest BCUT2D eigenvalue weighted by molar-refractivity contribution is 0.107. The number of phenols is 2. The van der Waals surface area contributed by atoms with Crippen molar-refractivity contribution in [1.29, 1.82) is 0 Å². The zero-order valence-corrected chi connectivity index (χ0v) is 15.6. The van der Waals surface area contributed by atoms with Gasteiger partial charge >= 0.3 is 6.09 Å². The molecule has 1 heterocycles. The zero-order valence-electron chi connectivity index (χ0n) is 15.6. The summed E-state index contributed by atoms with van der Waals surface area (Å²) in [5.74, 6) is 0.733. The second kappa shape index (κ2) is 8.65. The smallest absolute Gasteiger partial charge is 0.415 e. The monoisotopic (exact) mass is 385 g/mol. The van der Waals surface area contributed by atoms with Gasteiger partial charge in [0.25, 0.3) is 0 Å². The highest BCUT2D eigenvalue weighted by Gasteiger charge is 2.26. The van der Waals surface area contributed by atoms with E-state index >= 15 is 0 Å². The van der Waals surface area contributed by atoms with E-state index in [0.717, 1.165) is 12.8 Å². The van der Waals surface area contributed by atoms with Crippen LogP contribution in [-0.4, -0.2) is 47.2 Å². The Balaban J connectivity index is 1.60. The number of piperidine rings is 1. The minimum Gasteiger partial charge on any atom is -0.508 e. The molecule has 148 valence electrons. The molecule has 7 heteroatoms. The maximum absolute atomic E-state index is 12.5. The van der Waals surface area contributed by atoms with Crippen LogP contribution in [0.5, 0.6) is 23.0 Å². The molecule has 0 bridgehead atoms. The van der Waals surface area contributed by atoms with Gasteiger partial charge < -0.3 is 24.6 Å². The van der Waals surface area contributed by atoms with E-state index in [9.17, 15) is 19.8 Å². The van der Waals surface area contributed by atoms with Crippen LogP contribution in [0.3, 0.4) is 0 Å². The number of likely N-dealkylation sites (tertiary alicyclic amines) is 1. The van der Waals surface area contributed by atoms with Crippen LogP contribution in [0.15, 0.2) is 36.4 Å². The van der Waals surface area contributed by atoms with Crippen LogP contribution in [0.4, 0.5) is 4.79 Å². The second-order valence-electron chi connectivity index (χ2n) is 6.84. The molecule has 2 N–H and O–H groups in total. The molecule has 2 aromatic rings. The lowest BCUT2D eigenvalue weighted by Crippen LogP contribution is -2.43. The number of rotatable bonds is 5. The number of phenolic OH excluding ortho intramolecular Hbond substituents is 2. The first-order valence-electron chi connectivity index (χ1n) is 9.15. The van der Waals surface area contributed by atoms with Crippen molar-refractivity contribution in [3.8, 4) is 23.0 Å². The van der Waals surface area contributed by atoms with Crippen LogP contribution in [0.25, 0.3) is 0 Å². The van der Waals surface area contributed by atoms with Crippen LogP contribution in [0.1, 0.15) is 28.8 Å². The summed E-state index contributed by atoms with van der Waals surface area (Å²) in [7, 11) is 0. The number of carbonyl (C=O) groups is 2. The van der Waals surface area contributed by atoms with Gasteiger partial charge in [0.15, 0.2) is 6.29 Å². The molecule has 1 fully saturated rings. The number of hydrogen-bond donors (Lipinski definition) is 2. The lowest BCUT2D eigenvalue weighted by atomic mass is 9.99. The van der Waals surface area contributed by atoms with Crippen molar-refractivity contribution < 1.29 is 29.3 Å². The predicted molar refractivity (Wildman–Crippen MR) is 102 cm³/mol. The highest BCUT2D eigenvalue weighted by Crippen LogP contribution is 2.28. The molecule has 0 spiro atoms. The van der Waals surface area contributed by atoms with E-state index in [4.69, 9.17) is 9.47 Å². The van der Waals surface area contributed by atoms with Gasteiger partial charge in [-0.2, -0.15) is 0 Å². The number of aromatic hydroxyl groups is 2. The predicted octanol–water partition coefficient (Wildman–Crippen LogP) is 3.51. The number of nitrogens with zero attached hydrogens (tertiary/aromatic N) is 1.